The number of para-hydroxylation sites is 1. The van der Waals surface area contributed by atoms with Crippen LogP contribution in [0.4, 0.5) is 5.69 Å². The molecule has 22 heavy (non-hydrogen) atoms. The molecule has 0 spiro atoms. The second-order valence-electron chi connectivity index (χ2n) is 5.07. The molecule has 1 saturated heterocycles. The molecule has 0 unspecified atom stereocenters. The molecule has 3 rings (SSSR count). The van der Waals surface area contributed by atoms with Gasteiger partial charge >= 0.3 is 0 Å². The van der Waals surface area contributed by atoms with Gasteiger partial charge in [0.25, 0.3) is 5.91 Å². The fourth-order valence-corrected chi connectivity index (χ4v) is 2.33. The molecule has 0 bridgehead atoms. The molecule has 0 aromatic heterocycles. The van der Waals surface area contributed by atoms with Gasteiger partial charge in [0.2, 0.25) is 0 Å². The van der Waals surface area contributed by atoms with E-state index in [9.17, 15) is 4.79 Å². The van der Waals surface area contributed by atoms with Crippen LogP contribution in [0.3, 0.4) is 0 Å². The van der Waals surface area contributed by atoms with E-state index in [1.165, 1.54) is 0 Å². The van der Waals surface area contributed by atoms with Crippen molar-refractivity contribution in [2.45, 2.75) is 0 Å². The molecule has 5 heteroatoms. The van der Waals surface area contributed by atoms with Crippen LogP contribution in [0.2, 0.25) is 0 Å². The number of morpholine rings is 1. The number of hydrogen-bond acceptors (Lipinski definition) is 4. The van der Waals surface area contributed by atoms with Crippen molar-refractivity contribution >= 4 is 11.6 Å². The number of nitrogens with zero attached hydrogens (tertiary/aromatic N) is 1. The molecule has 0 atom stereocenters. The smallest absolute Gasteiger partial charge is 0.257 e. The number of hydrogen-bond donors (Lipinski definition) is 1. The first kappa shape index (κ1) is 14.4. The molecule has 114 valence electrons. The highest BCUT2D eigenvalue weighted by Gasteiger charge is 2.21. The quantitative estimate of drug-likeness (QED) is 0.884. The van der Waals surface area contributed by atoms with Crippen molar-refractivity contribution in [3.8, 4) is 11.5 Å². The molecule has 1 fully saturated rings. The van der Waals surface area contributed by atoms with E-state index in [0.29, 0.717) is 49.1 Å². The van der Waals surface area contributed by atoms with Crippen molar-refractivity contribution in [1.29, 1.82) is 0 Å². The lowest BCUT2D eigenvalue weighted by molar-refractivity contribution is 0.0301. The van der Waals surface area contributed by atoms with Crippen LogP contribution in [0.5, 0.6) is 11.5 Å². The van der Waals surface area contributed by atoms with E-state index in [1.807, 2.05) is 12.1 Å². The van der Waals surface area contributed by atoms with Crippen molar-refractivity contribution in [2.24, 2.45) is 0 Å². The molecular formula is C17H18N2O3. The van der Waals surface area contributed by atoms with Gasteiger partial charge in [-0.1, -0.05) is 12.1 Å². The van der Waals surface area contributed by atoms with Crippen LogP contribution >= 0.6 is 0 Å². The number of nitrogen functional groups attached to an aromatic ring is 1. The highest BCUT2D eigenvalue weighted by molar-refractivity contribution is 5.97. The normalized spacial score (nSPS) is 14.6. The number of carbonyl (C=O) groups excluding carboxylic acids is 1. The van der Waals surface area contributed by atoms with Crippen LogP contribution in [-0.4, -0.2) is 37.1 Å². The average molecular weight is 298 g/mol. The number of ether oxygens (including phenoxy) is 2. The molecule has 5 nitrogen and oxygen atoms in total. The van der Waals surface area contributed by atoms with Gasteiger partial charge in [0.05, 0.1) is 18.8 Å². The van der Waals surface area contributed by atoms with Gasteiger partial charge in [-0.05, 0) is 36.4 Å². The number of amides is 1. The first-order chi connectivity index (χ1) is 10.7. The fraction of sp³-hybridized carbons (Fsp3) is 0.235. The van der Waals surface area contributed by atoms with Gasteiger partial charge in [0, 0.05) is 18.8 Å². The van der Waals surface area contributed by atoms with E-state index in [-0.39, 0.29) is 5.91 Å². The minimum atomic E-state index is -0.0330. The number of carbonyl (C=O) groups is 1. The van der Waals surface area contributed by atoms with Gasteiger partial charge in [-0.3, -0.25) is 4.79 Å². The second kappa shape index (κ2) is 6.49. The average Bonchev–Trinajstić information content (AvgIpc) is 2.58. The van der Waals surface area contributed by atoms with E-state index in [0.717, 1.165) is 0 Å². The minimum absolute atomic E-state index is 0.0330. The lowest BCUT2D eigenvalue weighted by atomic mass is 10.1. The third-order valence-corrected chi connectivity index (χ3v) is 3.52. The molecule has 0 aliphatic carbocycles. The Bertz CT molecular complexity index is 649. The maximum Gasteiger partial charge on any atom is 0.257 e. The standard InChI is InChI=1S/C17H18N2O3/c18-13-5-7-14(8-6-13)22-16-4-2-1-3-15(16)17(20)19-9-11-21-12-10-19/h1-8H,9-12,18H2. The van der Waals surface area contributed by atoms with Crippen LogP contribution in [-0.2, 0) is 4.74 Å². The van der Waals surface area contributed by atoms with E-state index in [1.54, 1.807) is 41.3 Å². The fourth-order valence-electron chi connectivity index (χ4n) is 2.33. The van der Waals surface area contributed by atoms with Crippen LogP contribution in [0, 0.1) is 0 Å². The van der Waals surface area contributed by atoms with Crippen LogP contribution in [0.15, 0.2) is 48.5 Å². The summed E-state index contributed by atoms with van der Waals surface area (Å²) in [5, 5.41) is 0. The molecule has 2 aromatic rings. The van der Waals surface area contributed by atoms with Crippen molar-refractivity contribution in [2.75, 3.05) is 32.0 Å². The number of nitrogens with two attached hydrogens (primary N) is 1. The minimum Gasteiger partial charge on any atom is -0.457 e. The Kier molecular flexibility index (Phi) is 4.25. The Balaban J connectivity index is 1.82. The Labute approximate surface area is 129 Å². The zero-order valence-electron chi connectivity index (χ0n) is 12.2. The van der Waals surface area contributed by atoms with Crippen LogP contribution < -0.4 is 10.5 Å². The van der Waals surface area contributed by atoms with Crippen molar-refractivity contribution in [3.05, 3.63) is 54.1 Å². The number of benzene rings is 2. The molecule has 0 saturated carbocycles. The van der Waals surface area contributed by atoms with Crippen molar-refractivity contribution in [1.82, 2.24) is 4.90 Å². The Morgan fingerprint density at radius 3 is 2.45 bits per heavy atom. The summed E-state index contributed by atoms with van der Waals surface area (Å²) < 4.78 is 11.1. The zero-order valence-corrected chi connectivity index (χ0v) is 12.2. The SMILES string of the molecule is Nc1ccc(Oc2ccccc2C(=O)N2CCOCC2)cc1. The summed E-state index contributed by atoms with van der Waals surface area (Å²) in [4.78, 5) is 14.4. The number of anilines is 1. The van der Waals surface area contributed by atoms with E-state index in [2.05, 4.69) is 0 Å². The molecule has 1 heterocycles. The maximum absolute atomic E-state index is 12.6. The maximum atomic E-state index is 12.6. The molecule has 0 radical (unpaired) electrons. The first-order valence-corrected chi connectivity index (χ1v) is 7.23. The van der Waals surface area contributed by atoms with E-state index < -0.39 is 0 Å². The summed E-state index contributed by atoms with van der Waals surface area (Å²) in [6, 6.07) is 14.4. The summed E-state index contributed by atoms with van der Waals surface area (Å²) in [6.45, 7) is 2.36. The molecule has 2 aromatic carbocycles. The summed E-state index contributed by atoms with van der Waals surface area (Å²) >= 11 is 0. The molecule has 1 aliphatic rings. The largest absolute Gasteiger partial charge is 0.457 e. The third-order valence-electron chi connectivity index (χ3n) is 3.52. The van der Waals surface area contributed by atoms with Crippen molar-refractivity contribution in [3.63, 3.8) is 0 Å². The predicted octanol–water partition coefficient (Wildman–Crippen LogP) is 2.53. The predicted molar refractivity (Wildman–Crippen MR) is 84.1 cm³/mol. The topological polar surface area (TPSA) is 64.8 Å². The first-order valence-electron chi connectivity index (χ1n) is 7.23. The van der Waals surface area contributed by atoms with Crippen LogP contribution in [0.25, 0.3) is 0 Å². The van der Waals surface area contributed by atoms with Crippen molar-refractivity contribution < 1.29 is 14.3 Å². The highest BCUT2D eigenvalue weighted by Crippen LogP contribution is 2.27. The van der Waals surface area contributed by atoms with Gasteiger partial charge in [0.1, 0.15) is 11.5 Å². The summed E-state index contributed by atoms with van der Waals surface area (Å²) in [5.41, 5.74) is 6.90. The third kappa shape index (κ3) is 3.20. The lowest BCUT2D eigenvalue weighted by Crippen LogP contribution is -2.40. The van der Waals surface area contributed by atoms with E-state index in [4.69, 9.17) is 15.2 Å². The molecule has 2 N–H and O–H groups in total. The number of rotatable bonds is 3. The Morgan fingerprint density at radius 2 is 1.73 bits per heavy atom. The van der Waals surface area contributed by atoms with Gasteiger partial charge in [0.15, 0.2) is 0 Å². The van der Waals surface area contributed by atoms with Gasteiger partial charge in [-0.25, -0.2) is 0 Å². The zero-order chi connectivity index (χ0) is 15.4. The summed E-state index contributed by atoms with van der Waals surface area (Å²) in [6.07, 6.45) is 0. The Hall–Kier alpha value is -2.53. The van der Waals surface area contributed by atoms with Gasteiger partial charge < -0.3 is 20.1 Å². The molecule has 1 amide bonds. The summed E-state index contributed by atoms with van der Waals surface area (Å²) in [7, 11) is 0. The second-order valence-corrected chi connectivity index (χ2v) is 5.07. The summed E-state index contributed by atoms with van der Waals surface area (Å²) in [5.74, 6) is 1.16. The van der Waals surface area contributed by atoms with Gasteiger partial charge in [-0.15, -0.1) is 0 Å². The molecular weight excluding hydrogens is 280 g/mol. The van der Waals surface area contributed by atoms with E-state index >= 15 is 0 Å². The van der Waals surface area contributed by atoms with Crippen LogP contribution in [0.1, 0.15) is 10.4 Å². The lowest BCUT2D eigenvalue weighted by Gasteiger charge is -2.27. The van der Waals surface area contributed by atoms with Gasteiger partial charge in [-0.2, -0.15) is 0 Å². The monoisotopic (exact) mass is 298 g/mol. The molecule has 1 aliphatic heterocycles. The Morgan fingerprint density at radius 1 is 1.05 bits per heavy atom. The highest BCUT2D eigenvalue weighted by atomic mass is 16.5.